The van der Waals surface area contributed by atoms with Crippen molar-refractivity contribution < 1.29 is 27.9 Å². The second kappa shape index (κ2) is 10.8. The van der Waals surface area contributed by atoms with Gasteiger partial charge in [0.1, 0.15) is 5.76 Å². The molecular formula is C29H24F3N3O3. The van der Waals surface area contributed by atoms with Gasteiger partial charge in [0.05, 0.1) is 28.8 Å². The first kappa shape index (κ1) is 26.5. The molecule has 38 heavy (non-hydrogen) atoms. The highest BCUT2D eigenvalue weighted by atomic mass is 19.4. The van der Waals surface area contributed by atoms with Crippen LogP contribution in [0.5, 0.6) is 0 Å². The lowest BCUT2D eigenvalue weighted by Crippen LogP contribution is -2.37. The van der Waals surface area contributed by atoms with E-state index in [1.807, 2.05) is 37.3 Å². The van der Waals surface area contributed by atoms with Crippen LogP contribution in [-0.4, -0.2) is 16.9 Å². The standard InChI is InChI=1S/C29H24F3N3O3/c1-17-5-9-19(10-6-17)21-13-24(36)26(25(37)14-21)27(20-11-7-18(16-33)8-12-20)35-28(38)34-23-4-2-3-22(15-23)29(30,31)32/h2-12,15,21,27,36H,13-14H2,1H3,(H2,34,35,38). The van der Waals surface area contributed by atoms with Crippen molar-refractivity contribution in [1.29, 1.82) is 5.26 Å². The molecule has 194 valence electrons. The number of aryl methyl sites for hydroxylation is 1. The maximum Gasteiger partial charge on any atom is 0.416 e. The minimum Gasteiger partial charge on any atom is -0.512 e. The van der Waals surface area contributed by atoms with Crippen LogP contribution in [0.2, 0.25) is 0 Å². The van der Waals surface area contributed by atoms with Crippen LogP contribution in [0, 0.1) is 18.3 Å². The average molecular weight is 520 g/mol. The highest BCUT2D eigenvalue weighted by molar-refractivity contribution is 6.00. The van der Waals surface area contributed by atoms with Crippen molar-refractivity contribution in [2.24, 2.45) is 0 Å². The molecule has 3 aromatic carbocycles. The van der Waals surface area contributed by atoms with E-state index in [-0.39, 0.29) is 41.6 Å². The van der Waals surface area contributed by atoms with Gasteiger partial charge in [0, 0.05) is 18.5 Å². The number of ketones is 1. The fraction of sp³-hybridized carbons (Fsp3) is 0.207. The Morgan fingerprint density at radius 3 is 2.34 bits per heavy atom. The van der Waals surface area contributed by atoms with Gasteiger partial charge in [-0.05, 0) is 54.3 Å². The van der Waals surface area contributed by atoms with Crippen LogP contribution in [0.25, 0.3) is 0 Å². The lowest BCUT2D eigenvalue weighted by Gasteiger charge is -2.29. The number of nitrogens with one attached hydrogen (secondary N) is 2. The Kier molecular flexibility index (Phi) is 7.53. The molecule has 1 aliphatic carbocycles. The van der Waals surface area contributed by atoms with Crippen LogP contribution in [0.4, 0.5) is 23.7 Å². The van der Waals surface area contributed by atoms with Crippen molar-refractivity contribution in [2.45, 2.75) is 37.9 Å². The summed E-state index contributed by atoms with van der Waals surface area (Å²) in [5, 5.41) is 25.1. The number of allylic oxidation sites excluding steroid dienone is 1. The van der Waals surface area contributed by atoms with E-state index in [0.29, 0.717) is 11.1 Å². The Balaban J connectivity index is 1.63. The second-order valence-corrected chi connectivity index (χ2v) is 9.14. The summed E-state index contributed by atoms with van der Waals surface area (Å²) in [4.78, 5) is 26.2. The minimum atomic E-state index is -4.59. The second-order valence-electron chi connectivity index (χ2n) is 9.14. The number of hydrogen-bond donors (Lipinski definition) is 3. The van der Waals surface area contributed by atoms with Crippen molar-refractivity contribution in [3.63, 3.8) is 0 Å². The van der Waals surface area contributed by atoms with Gasteiger partial charge in [-0.25, -0.2) is 4.79 Å². The number of aliphatic hydroxyl groups excluding tert-OH is 1. The lowest BCUT2D eigenvalue weighted by atomic mass is 9.79. The van der Waals surface area contributed by atoms with Gasteiger partial charge < -0.3 is 15.7 Å². The monoisotopic (exact) mass is 519 g/mol. The molecule has 0 bridgehead atoms. The Hall–Kier alpha value is -4.58. The highest BCUT2D eigenvalue weighted by Gasteiger charge is 2.35. The Labute approximate surface area is 217 Å². The van der Waals surface area contributed by atoms with Gasteiger partial charge >= 0.3 is 12.2 Å². The molecule has 9 heteroatoms. The molecule has 2 amide bonds. The van der Waals surface area contributed by atoms with Crippen LogP contribution in [-0.2, 0) is 11.0 Å². The number of aliphatic hydroxyl groups is 1. The maximum atomic E-state index is 13.3. The van der Waals surface area contributed by atoms with Crippen molar-refractivity contribution in [3.8, 4) is 6.07 Å². The highest BCUT2D eigenvalue weighted by Crippen LogP contribution is 2.38. The number of rotatable bonds is 5. The summed E-state index contributed by atoms with van der Waals surface area (Å²) in [6, 6.07) is 18.0. The van der Waals surface area contributed by atoms with Crippen molar-refractivity contribution in [1.82, 2.24) is 5.32 Å². The van der Waals surface area contributed by atoms with Crippen molar-refractivity contribution in [3.05, 3.63) is 112 Å². The quantitative estimate of drug-likeness (QED) is 0.349. The Morgan fingerprint density at radius 2 is 1.74 bits per heavy atom. The van der Waals surface area contributed by atoms with Crippen LogP contribution >= 0.6 is 0 Å². The summed E-state index contributed by atoms with van der Waals surface area (Å²) in [6.45, 7) is 1.95. The molecule has 0 saturated carbocycles. The van der Waals surface area contributed by atoms with E-state index in [2.05, 4.69) is 10.6 Å². The van der Waals surface area contributed by atoms with E-state index in [0.717, 1.165) is 23.3 Å². The molecule has 3 N–H and O–H groups in total. The normalized spacial score (nSPS) is 16.5. The number of carbonyl (C=O) groups excluding carboxylic acids is 2. The van der Waals surface area contributed by atoms with Gasteiger partial charge in [0.25, 0.3) is 0 Å². The summed E-state index contributed by atoms with van der Waals surface area (Å²) in [5.41, 5.74) is 1.72. The van der Waals surface area contributed by atoms with E-state index in [4.69, 9.17) is 5.26 Å². The van der Waals surface area contributed by atoms with Crippen LogP contribution < -0.4 is 10.6 Å². The largest absolute Gasteiger partial charge is 0.512 e. The average Bonchev–Trinajstić information content (AvgIpc) is 2.88. The lowest BCUT2D eigenvalue weighted by molar-refractivity contribution is -0.137. The van der Waals surface area contributed by atoms with Gasteiger partial charge in [-0.3, -0.25) is 4.79 Å². The van der Waals surface area contributed by atoms with E-state index < -0.39 is 23.8 Å². The smallest absolute Gasteiger partial charge is 0.416 e. The van der Waals surface area contributed by atoms with Gasteiger partial charge in [0.2, 0.25) is 0 Å². The zero-order valence-electron chi connectivity index (χ0n) is 20.3. The first-order valence-electron chi connectivity index (χ1n) is 11.8. The number of amides is 2. The first-order chi connectivity index (χ1) is 18.0. The van der Waals surface area contributed by atoms with Crippen LogP contribution in [0.1, 0.15) is 52.6 Å². The summed E-state index contributed by atoms with van der Waals surface area (Å²) < 4.78 is 39.2. The third-order valence-corrected chi connectivity index (χ3v) is 6.42. The molecule has 0 aliphatic heterocycles. The maximum absolute atomic E-state index is 13.3. The molecule has 2 unspecified atom stereocenters. The number of hydrogen-bond acceptors (Lipinski definition) is 4. The van der Waals surface area contributed by atoms with Gasteiger partial charge in [0.15, 0.2) is 5.78 Å². The molecule has 0 radical (unpaired) electrons. The number of alkyl halides is 3. The summed E-state index contributed by atoms with van der Waals surface area (Å²) in [5.74, 6) is -0.791. The molecule has 3 aromatic rings. The van der Waals surface area contributed by atoms with Crippen LogP contribution in [0.3, 0.4) is 0 Å². The third kappa shape index (κ3) is 6.03. The van der Waals surface area contributed by atoms with Crippen molar-refractivity contribution >= 4 is 17.5 Å². The molecule has 0 aromatic heterocycles. The van der Waals surface area contributed by atoms with E-state index >= 15 is 0 Å². The predicted octanol–water partition coefficient (Wildman–Crippen LogP) is 6.71. The number of urea groups is 1. The zero-order chi connectivity index (χ0) is 27.4. The van der Waals surface area contributed by atoms with Crippen LogP contribution in [0.15, 0.2) is 84.1 Å². The van der Waals surface area contributed by atoms with E-state index in [9.17, 15) is 27.9 Å². The fourth-order valence-electron chi connectivity index (χ4n) is 4.46. The van der Waals surface area contributed by atoms with Gasteiger partial charge in [-0.15, -0.1) is 0 Å². The van der Waals surface area contributed by atoms with Crippen molar-refractivity contribution in [2.75, 3.05) is 5.32 Å². The molecular weight excluding hydrogens is 495 g/mol. The minimum absolute atomic E-state index is 0.00254. The number of nitrogens with zero attached hydrogens (tertiary/aromatic N) is 1. The molecule has 2 atom stereocenters. The number of anilines is 1. The number of halogens is 3. The molecule has 6 nitrogen and oxygen atoms in total. The van der Waals surface area contributed by atoms with Gasteiger partial charge in [-0.1, -0.05) is 48.0 Å². The SMILES string of the molecule is Cc1ccc(C2CC(=O)C(C(NC(=O)Nc3cccc(C(F)(F)F)c3)c3ccc(C#N)cc3)=C(O)C2)cc1. The molecule has 1 aliphatic rings. The summed E-state index contributed by atoms with van der Waals surface area (Å²) >= 11 is 0. The number of nitriles is 1. The summed E-state index contributed by atoms with van der Waals surface area (Å²) in [6.07, 6.45) is -4.31. The van der Waals surface area contributed by atoms with E-state index in [1.54, 1.807) is 12.1 Å². The fourth-order valence-corrected chi connectivity index (χ4v) is 4.46. The Bertz CT molecular complexity index is 1420. The predicted molar refractivity (Wildman–Crippen MR) is 135 cm³/mol. The first-order valence-corrected chi connectivity index (χ1v) is 11.8. The number of benzene rings is 3. The molecule has 0 saturated heterocycles. The topological polar surface area (TPSA) is 102 Å². The Morgan fingerprint density at radius 1 is 1.05 bits per heavy atom. The van der Waals surface area contributed by atoms with E-state index in [1.165, 1.54) is 24.3 Å². The number of Topliss-reactive ketones (excluding diaryl/α,β-unsaturated/α-hetero) is 1. The third-order valence-electron chi connectivity index (χ3n) is 6.42. The number of carbonyl (C=O) groups is 2. The zero-order valence-corrected chi connectivity index (χ0v) is 20.3. The summed E-state index contributed by atoms with van der Waals surface area (Å²) in [7, 11) is 0. The molecule has 0 fully saturated rings. The molecule has 4 rings (SSSR count). The molecule has 0 spiro atoms. The molecule has 0 heterocycles. The van der Waals surface area contributed by atoms with Gasteiger partial charge in [-0.2, -0.15) is 18.4 Å².